The van der Waals surface area contributed by atoms with Crippen molar-refractivity contribution in [2.24, 2.45) is 0 Å². The molecule has 1 aliphatic rings. The van der Waals surface area contributed by atoms with Crippen LogP contribution in [0.1, 0.15) is 28.8 Å². The summed E-state index contributed by atoms with van der Waals surface area (Å²) in [6, 6.07) is 23.9. The Labute approximate surface area is 192 Å². The largest absolute Gasteiger partial charge is 0.367 e. The van der Waals surface area contributed by atoms with Crippen LogP contribution in [0.2, 0.25) is 0 Å². The molecule has 5 nitrogen and oxygen atoms in total. The van der Waals surface area contributed by atoms with Crippen LogP contribution in [0.3, 0.4) is 0 Å². The summed E-state index contributed by atoms with van der Waals surface area (Å²) in [5.41, 5.74) is 3.31. The molecule has 0 radical (unpaired) electrons. The second kappa shape index (κ2) is 10.1. The highest BCUT2D eigenvalue weighted by atomic mass is 19.1. The minimum Gasteiger partial charge on any atom is -0.367 e. The zero-order chi connectivity index (χ0) is 23.2. The van der Waals surface area contributed by atoms with Gasteiger partial charge in [-0.2, -0.15) is 5.26 Å². The van der Waals surface area contributed by atoms with E-state index < -0.39 is 5.82 Å². The first-order valence-corrected chi connectivity index (χ1v) is 11.0. The van der Waals surface area contributed by atoms with Gasteiger partial charge >= 0.3 is 0 Å². The fraction of sp³-hybridized carbons (Fsp3) is 0.222. The summed E-state index contributed by atoms with van der Waals surface area (Å²) in [5.74, 6) is -0.660. The number of nitriles is 1. The van der Waals surface area contributed by atoms with Gasteiger partial charge in [0.1, 0.15) is 17.4 Å². The molecule has 0 bridgehead atoms. The summed E-state index contributed by atoms with van der Waals surface area (Å²) in [7, 11) is 0. The van der Waals surface area contributed by atoms with E-state index in [9.17, 15) is 19.2 Å². The van der Waals surface area contributed by atoms with Gasteiger partial charge in [0.25, 0.3) is 0 Å². The molecule has 0 spiro atoms. The lowest BCUT2D eigenvalue weighted by Crippen LogP contribution is -2.49. The van der Waals surface area contributed by atoms with E-state index in [1.165, 1.54) is 6.07 Å². The average Bonchev–Trinajstić information content (AvgIpc) is 2.87. The van der Waals surface area contributed by atoms with Crippen molar-refractivity contribution in [3.8, 4) is 17.2 Å². The Morgan fingerprint density at radius 1 is 0.818 bits per heavy atom. The number of halogens is 1. The Hall–Kier alpha value is -3.98. The maximum absolute atomic E-state index is 13.9. The van der Waals surface area contributed by atoms with Crippen LogP contribution >= 0.6 is 0 Å². The van der Waals surface area contributed by atoms with Crippen molar-refractivity contribution in [1.29, 1.82) is 5.26 Å². The first kappa shape index (κ1) is 22.2. The second-order valence-electron chi connectivity index (χ2n) is 7.98. The van der Waals surface area contributed by atoms with Gasteiger partial charge in [0.15, 0.2) is 5.78 Å². The van der Waals surface area contributed by atoms with Gasteiger partial charge in [-0.3, -0.25) is 9.59 Å². The number of hydrogen-bond donors (Lipinski definition) is 0. The fourth-order valence-electron chi connectivity index (χ4n) is 4.09. The number of rotatable bonds is 6. The van der Waals surface area contributed by atoms with Crippen LogP contribution in [-0.4, -0.2) is 42.8 Å². The molecule has 6 heteroatoms. The van der Waals surface area contributed by atoms with Crippen molar-refractivity contribution in [3.63, 3.8) is 0 Å². The number of piperazine rings is 1. The Morgan fingerprint density at radius 3 is 2.15 bits per heavy atom. The molecule has 4 rings (SSSR count). The number of ketones is 1. The SMILES string of the molecule is N#Cc1c(F)cccc1N1CCN(C(=O)CCC(=O)c2ccc(-c3ccccc3)cc2)CC1. The molecule has 0 N–H and O–H groups in total. The predicted octanol–water partition coefficient (Wildman–Crippen LogP) is 4.68. The predicted molar refractivity (Wildman–Crippen MR) is 125 cm³/mol. The first-order valence-electron chi connectivity index (χ1n) is 11.0. The summed E-state index contributed by atoms with van der Waals surface area (Å²) < 4.78 is 13.9. The summed E-state index contributed by atoms with van der Waals surface area (Å²) in [4.78, 5) is 28.9. The Kier molecular flexibility index (Phi) is 6.80. The van der Waals surface area contributed by atoms with Crippen molar-refractivity contribution >= 4 is 17.4 Å². The highest BCUT2D eigenvalue weighted by Gasteiger charge is 2.24. The molecule has 33 heavy (non-hydrogen) atoms. The lowest BCUT2D eigenvalue weighted by atomic mass is 10.0. The number of amides is 1. The highest BCUT2D eigenvalue weighted by Crippen LogP contribution is 2.24. The van der Waals surface area contributed by atoms with Gasteiger partial charge in [-0.15, -0.1) is 0 Å². The molecule has 1 fully saturated rings. The minimum atomic E-state index is -0.538. The summed E-state index contributed by atoms with van der Waals surface area (Å²) >= 11 is 0. The molecule has 0 atom stereocenters. The van der Waals surface area contributed by atoms with E-state index >= 15 is 0 Å². The smallest absolute Gasteiger partial charge is 0.223 e. The van der Waals surface area contributed by atoms with Gasteiger partial charge in [0.05, 0.1) is 5.69 Å². The number of anilines is 1. The van der Waals surface area contributed by atoms with E-state index in [1.54, 1.807) is 29.2 Å². The third-order valence-corrected chi connectivity index (χ3v) is 5.96. The normalized spacial score (nSPS) is 13.5. The quantitative estimate of drug-likeness (QED) is 0.521. The maximum Gasteiger partial charge on any atom is 0.223 e. The highest BCUT2D eigenvalue weighted by molar-refractivity contribution is 5.98. The van der Waals surface area contributed by atoms with Crippen LogP contribution in [0.4, 0.5) is 10.1 Å². The third-order valence-electron chi connectivity index (χ3n) is 5.96. The van der Waals surface area contributed by atoms with Crippen LogP contribution in [0.25, 0.3) is 11.1 Å². The van der Waals surface area contributed by atoms with Crippen molar-refractivity contribution in [1.82, 2.24) is 4.90 Å². The first-order chi connectivity index (χ1) is 16.1. The average molecular weight is 442 g/mol. The molecule has 1 saturated heterocycles. The standard InChI is InChI=1S/C27H24FN3O2/c28-24-7-4-8-25(23(24)19-29)30-15-17-31(18-16-30)27(33)14-13-26(32)22-11-9-21(10-12-22)20-5-2-1-3-6-20/h1-12H,13-18H2. The summed E-state index contributed by atoms with van der Waals surface area (Å²) in [6.45, 7) is 1.97. The van der Waals surface area contributed by atoms with Gasteiger partial charge in [-0.25, -0.2) is 4.39 Å². The van der Waals surface area contributed by atoms with Gasteiger partial charge in [-0.05, 0) is 23.3 Å². The maximum atomic E-state index is 13.9. The van der Waals surface area contributed by atoms with Crippen molar-refractivity contribution in [2.45, 2.75) is 12.8 Å². The Balaban J connectivity index is 1.29. The molecule has 0 unspecified atom stereocenters. The van der Waals surface area contributed by atoms with E-state index in [2.05, 4.69) is 0 Å². The van der Waals surface area contributed by atoms with E-state index in [-0.39, 0.29) is 30.1 Å². The van der Waals surface area contributed by atoms with E-state index in [1.807, 2.05) is 53.4 Å². The minimum absolute atomic E-state index is 0.0288. The number of carbonyl (C=O) groups excluding carboxylic acids is 2. The zero-order valence-electron chi connectivity index (χ0n) is 18.2. The van der Waals surface area contributed by atoms with Crippen LogP contribution in [-0.2, 0) is 4.79 Å². The van der Waals surface area contributed by atoms with Crippen molar-refractivity contribution in [2.75, 3.05) is 31.1 Å². The van der Waals surface area contributed by atoms with E-state index in [0.29, 0.717) is 37.4 Å². The van der Waals surface area contributed by atoms with Crippen LogP contribution in [0, 0.1) is 17.1 Å². The molecule has 0 saturated carbocycles. The molecular formula is C27H24FN3O2. The molecule has 1 aliphatic heterocycles. The second-order valence-corrected chi connectivity index (χ2v) is 7.98. The summed E-state index contributed by atoms with van der Waals surface area (Å²) in [5, 5.41) is 9.25. The van der Waals surface area contributed by atoms with Crippen LogP contribution < -0.4 is 4.90 Å². The summed E-state index contributed by atoms with van der Waals surface area (Å²) in [6.07, 6.45) is 0.314. The van der Waals surface area contributed by atoms with E-state index in [4.69, 9.17) is 0 Å². The molecule has 3 aromatic carbocycles. The number of Topliss-reactive ketones (excluding diaryl/α,β-unsaturated/α-hetero) is 1. The number of carbonyl (C=O) groups is 2. The molecule has 1 amide bonds. The van der Waals surface area contributed by atoms with Gasteiger partial charge in [0.2, 0.25) is 5.91 Å². The monoisotopic (exact) mass is 441 g/mol. The topological polar surface area (TPSA) is 64.4 Å². The van der Waals surface area contributed by atoms with Gasteiger partial charge < -0.3 is 9.80 Å². The van der Waals surface area contributed by atoms with Crippen molar-refractivity contribution < 1.29 is 14.0 Å². The fourth-order valence-corrected chi connectivity index (χ4v) is 4.09. The number of nitrogens with zero attached hydrogens (tertiary/aromatic N) is 3. The van der Waals surface area contributed by atoms with E-state index in [0.717, 1.165) is 11.1 Å². The molecular weight excluding hydrogens is 417 g/mol. The molecule has 0 aromatic heterocycles. The Bertz CT molecular complexity index is 1180. The molecule has 166 valence electrons. The van der Waals surface area contributed by atoms with Crippen molar-refractivity contribution in [3.05, 3.63) is 89.7 Å². The van der Waals surface area contributed by atoms with Crippen LogP contribution in [0.5, 0.6) is 0 Å². The molecule has 0 aliphatic carbocycles. The number of benzene rings is 3. The zero-order valence-corrected chi connectivity index (χ0v) is 18.2. The van der Waals surface area contributed by atoms with Crippen LogP contribution in [0.15, 0.2) is 72.8 Å². The number of hydrogen-bond acceptors (Lipinski definition) is 4. The third kappa shape index (κ3) is 5.09. The van der Waals surface area contributed by atoms with Gasteiger partial charge in [0, 0.05) is 44.6 Å². The lowest BCUT2D eigenvalue weighted by molar-refractivity contribution is -0.131. The Morgan fingerprint density at radius 2 is 1.48 bits per heavy atom. The lowest BCUT2D eigenvalue weighted by Gasteiger charge is -2.36. The molecule has 3 aromatic rings. The molecule has 1 heterocycles. The van der Waals surface area contributed by atoms with Gasteiger partial charge in [-0.1, -0.05) is 60.7 Å².